The summed E-state index contributed by atoms with van der Waals surface area (Å²) >= 11 is 17.7. The number of halogens is 4. The van der Waals surface area contributed by atoms with E-state index in [1.807, 2.05) is 6.92 Å². The summed E-state index contributed by atoms with van der Waals surface area (Å²) in [7, 11) is 0. The molecule has 0 saturated heterocycles. The second-order valence-corrected chi connectivity index (χ2v) is 7.49. The average Bonchev–Trinajstić information content (AvgIpc) is 3.04. The van der Waals surface area contributed by atoms with Gasteiger partial charge in [0.2, 0.25) is 5.91 Å². The summed E-state index contributed by atoms with van der Waals surface area (Å²) in [6.45, 7) is 2.35. The van der Waals surface area contributed by atoms with Gasteiger partial charge < -0.3 is 9.88 Å². The molecule has 1 amide bonds. The Morgan fingerprint density at radius 1 is 1.14 bits per heavy atom. The second kappa shape index (κ2) is 8.95. The number of nitrogens with zero attached hydrogens (tertiary/aromatic N) is 2. The van der Waals surface area contributed by atoms with E-state index in [9.17, 15) is 9.18 Å². The molecule has 3 rings (SSSR count). The highest BCUT2D eigenvalue weighted by atomic mass is 35.5. The molecule has 2 aromatic carbocycles. The number of carbonyl (C=O) groups is 1. The van der Waals surface area contributed by atoms with Crippen LogP contribution in [0.25, 0.3) is 11.3 Å². The molecule has 1 heterocycles. The van der Waals surface area contributed by atoms with Gasteiger partial charge in [-0.3, -0.25) is 4.79 Å². The number of imidazole rings is 1. The number of nitrogens with one attached hydrogen (secondary N) is 1. The minimum Gasteiger partial charge on any atom is -0.350 e. The number of rotatable bonds is 6. The number of benzene rings is 2. The summed E-state index contributed by atoms with van der Waals surface area (Å²) in [6, 6.07) is 9.64. The molecule has 0 aliphatic rings. The molecule has 0 spiro atoms. The van der Waals surface area contributed by atoms with Crippen LogP contribution in [-0.2, 0) is 24.3 Å². The average molecular weight is 441 g/mol. The van der Waals surface area contributed by atoms with Crippen molar-refractivity contribution in [1.29, 1.82) is 0 Å². The zero-order valence-electron chi connectivity index (χ0n) is 15.0. The largest absolute Gasteiger partial charge is 0.350 e. The molecule has 0 fully saturated rings. The van der Waals surface area contributed by atoms with Crippen LogP contribution >= 0.6 is 34.8 Å². The molecule has 28 heavy (non-hydrogen) atoms. The maximum absolute atomic E-state index is 13.7. The van der Waals surface area contributed by atoms with E-state index in [0.717, 1.165) is 11.4 Å². The molecule has 4 nitrogen and oxygen atoms in total. The zero-order chi connectivity index (χ0) is 20.3. The van der Waals surface area contributed by atoms with Crippen molar-refractivity contribution in [2.45, 2.75) is 26.4 Å². The van der Waals surface area contributed by atoms with Crippen LogP contribution in [0.2, 0.25) is 15.1 Å². The fraction of sp³-hybridized carbons (Fsp3) is 0.200. The van der Waals surface area contributed by atoms with Crippen LogP contribution in [0.5, 0.6) is 0 Å². The van der Waals surface area contributed by atoms with Gasteiger partial charge in [-0.15, -0.1) is 0 Å². The summed E-state index contributed by atoms with van der Waals surface area (Å²) in [6.07, 6.45) is 2.37. The first kappa shape index (κ1) is 20.6. The van der Waals surface area contributed by atoms with Gasteiger partial charge in [0.1, 0.15) is 18.2 Å². The van der Waals surface area contributed by atoms with Gasteiger partial charge in [0.15, 0.2) is 0 Å². The van der Waals surface area contributed by atoms with Crippen LogP contribution in [-0.4, -0.2) is 15.5 Å². The molecule has 0 atom stereocenters. The summed E-state index contributed by atoms with van der Waals surface area (Å²) in [4.78, 5) is 16.9. The number of aryl methyl sites for hydroxylation is 1. The van der Waals surface area contributed by atoms with Gasteiger partial charge in [-0.05, 0) is 35.9 Å². The van der Waals surface area contributed by atoms with Crippen LogP contribution in [0.15, 0.2) is 42.6 Å². The molecule has 0 unspecified atom stereocenters. The van der Waals surface area contributed by atoms with Crippen LogP contribution in [0.4, 0.5) is 4.39 Å². The van der Waals surface area contributed by atoms with E-state index in [0.29, 0.717) is 34.3 Å². The lowest BCUT2D eigenvalue weighted by Crippen LogP contribution is -2.27. The summed E-state index contributed by atoms with van der Waals surface area (Å²) < 4.78 is 15.5. The van der Waals surface area contributed by atoms with Gasteiger partial charge in [0.25, 0.3) is 0 Å². The van der Waals surface area contributed by atoms with E-state index in [-0.39, 0.29) is 17.5 Å². The molecule has 0 saturated carbocycles. The second-order valence-electron chi connectivity index (χ2n) is 6.21. The molecular formula is C20H17Cl3FN3O. The topological polar surface area (TPSA) is 46.9 Å². The van der Waals surface area contributed by atoms with Crippen LogP contribution in [0.1, 0.15) is 18.3 Å². The smallest absolute Gasteiger partial charge is 0.240 e. The highest BCUT2D eigenvalue weighted by molar-refractivity contribution is 6.34. The molecule has 146 valence electrons. The molecule has 0 aliphatic heterocycles. The van der Waals surface area contributed by atoms with Crippen molar-refractivity contribution in [2.75, 3.05) is 0 Å². The van der Waals surface area contributed by atoms with Crippen molar-refractivity contribution < 1.29 is 9.18 Å². The van der Waals surface area contributed by atoms with Crippen molar-refractivity contribution >= 4 is 40.7 Å². The molecule has 3 aromatic rings. The van der Waals surface area contributed by atoms with Gasteiger partial charge in [0.05, 0.1) is 10.7 Å². The molecule has 0 aliphatic carbocycles. The maximum Gasteiger partial charge on any atom is 0.240 e. The Bertz CT molecular complexity index is 1000. The Morgan fingerprint density at radius 2 is 1.86 bits per heavy atom. The molecule has 8 heteroatoms. The Labute approximate surface area is 177 Å². The standard InChI is InChI=1S/C20H17Cl3FN3O/c1-2-19-26-18(13-3-4-16(23)17(24)7-13)10-27(19)11-20(28)25-9-12-5-14(21)8-15(22)6-12/h3-8,10H,2,9,11H2,1H3,(H,25,28). The quantitative estimate of drug-likeness (QED) is 0.548. The molecule has 1 aromatic heterocycles. The molecular weight excluding hydrogens is 424 g/mol. The highest BCUT2D eigenvalue weighted by Gasteiger charge is 2.13. The predicted octanol–water partition coefficient (Wildman–Crippen LogP) is 5.53. The van der Waals surface area contributed by atoms with E-state index in [4.69, 9.17) is 34.8 Å². The number of carbonyl (C=O) groups excluding carboxylic acids is 1. The Balaban J connectivity index is 1.71. The lowest BCUT2D eigenvalue weighted by atomic mass is 10.2. The Hall–Kier alpha value is -2.08. The summed E-state index contributed by atoms with van der Waals surface area (Å²) in [5.74, 6) is 0.0352. The minimum absolute atomic E-state index is 0.0550. The fourth-order valence-electron chi connectivity index (χ4n) is 2.79. The zero-order valence-corrected chi connectivity index (χ0v) is 17.2. The third kappa shape index (κ3) is 5.04. The monoisotopic (exact) mass is 439 g/mol. The van der Waals surface area contributed by atoms with E-state index in [2.05, 4.69) is 10.3 Å². The first-order valence-electron chi connectivity index (χ1n) is 8.59. The van der Waals surface area contributed by atoms with Gasteiger partial charge in [-0.25, -0.2) is 9.37 Å². The first-order chi connectivity index (χ1) is 13.4. The fourth-order valence-corrected chi connectivity index (χ4v) is 3.48. The van der Waals surface area contributed by atoms with Crippen molar-refractivity contribution in [2.24, 2.45) is 0 Å². The Morgan fingerprint density at radius 3 is 2.50 bits per heavy atom. The van der Waals surface area contributed by atoms with E-state index < -0.39 is 5.82 Å². The maximum atomic E-state index is 13.7. The number of hydrogen-bond acceptors (Lipinski definition) is 2. The normalized spacial score (nSPS) is 10.9. The predicted molar refractivity (Wildman–Crippen MR) is 110 cm³/mol. The highest BCUT2D eigenvalue weighted by Crippen LogP contribution is 2.24. The van der Waals surface area contributed by atoms with E-state index >= 15 is 0 Å². The minimum atomic E-state index is -0.510. The third-order valence-electron chi connectivity index (χ3n) is 4.12. The van der Waals surface area contributed by atoms with Gasteiger partial charge in [-0.2, -0.15) is 0 Å². The third-order valence-corrected chi connectivity index (χ3v) is 4.86. The molecule has 0 radical (unpaired) electrons. The summed E-state index contributed by atoms with van der Waals surface area (Å²) in [5.41, 5.74) is 2.00. The SMILES string of the molecule is CCc1nc(-c2ccc(Cl)c(F)c2)cn1CC(=O)NCc1cc(Cl)cc(Cl)c1. The number of aromatic nitrogens is 2. The lowest BCUT2D eigenvalue weighted by molar-refractivity contribution is -0.121. The van der Waals surface area contributed by atoms with Crippen LogP contribution in [0, 0.1) is 5.82 Å². The lowest BCUT2D eigenvalue weighted by Gasteiger charge is -2.08. The van der Waals surface area contributed by atoms with Gasteiger partial charge in [-0.1, -0.05) is 47.8 Å². The van der Waals surface area contributed by atoms with Gasteiger partial charge in [0, 0.05) is 34.8 Å². The molecule has 1 N–H and O–H groups in total. The van der Waals surface area contributed by atoms with E-state index in [1.165, 1.54) is 12.1 Å². The van der Waals surface area contributed by atoms with Crippen molar-refractivity contribution in [1.82, 2.24) is 14.9 Å². The summed E-state index contributed by atoms with van der Waals surface area (Å²) in [5, 5.41) is 3.92. The molecule has 0 bridgehead atoms. The Kier molecular flexibility index (Phi) is 6.60. The van der Waals surface area contributed by atoms with Crippen LogP contribution in [0.3, 0.4) is 0 Å². The van der Waals surface area contributed by atoms with Gasteiger partial charge >= 0.3 is 0 Å². The van der Waals surface area contributed by atoms with E-state index in [1.54, 1.807) is 35.0 Å². The van der Waals surface area contributed by atoms with Crippen LogP contribution < -0.4 is 5.32 Å². The first-order valence-corrected chi connectivity index (χ1v) is 9.72. The van der Waals surface area contributed by atoms with Crippen molar-refractivity contribution in [3.8, 4) is 11.3 Å². The number of hydrogen-bond donors (Lipinski definition) is 1. The van der Waals surface area contributed by atoms with Crippen molar-refractivity contribution in [3.63, 3.8) is 0 Å². The van der Waals surface area contributed by atoms with Crippen molar-refractivity contribution in [3.05, 3.63) is 74.9 Å². The number of amides is 1.